The van der Waals surface area contributed by atoms with E-state index in [0.717, 1.165) is 0 Å². The van der Waals surface area contributed by atoms with Crippen LogP contribution in [0.2, 0.25) is 0 Å². The van der Waals surface area contributed by atoms with Crippen LogP contribution in [0.4, 0.5) is 16.3 Å². The van der Waals surface area contributed by atoms with Crippen molar-refractivity contribution in [3.8, 4) is 40.0 Å². The fourth-order valence-corrected chi connectivity index (χ4v) is 3.79. The van der Waals surface area contributed by atoms with Crippen LogP contribution in [0.25, 0.3) is 22.4 Å². The van der Waals surface area contributed by atoms with Crippen LogP contribution in [0.15, 0.2) is 71.3 Å². The van der Waals surface area contributed by atoms with Crippen LogP contribution in [0.5, 0.6) is 11.5 Å². The Morgan fingerprint density at radius 2 is 1.82 bits per heavy atom. The Morgan fingerprint density at radius 3 is 2.50 bits per heavy atom. The molecule has 0 aliphatic rings. The molecule has 0 saturated heterocycles. The number of hydrogen-bond acceptors (Lipinski definition) is 8. The van der Waals surface area contributed by atoms with Crippen molar-refractivity contribution in [3.05, 3.63) is 78.3 Å². The van der Waals surface area contributed by atoms with E-state index in [-0.39, 0.29) is 35.4 Å². The number of rotatable bonds is 9. The molecule has 0 unspecified atom stereocenters. The van der Waals surface area contributed by atoms with Crippen LogP contribution in [-0.2, 0) is 4.74 Å². The zero-order valence-electron chi connectivity index (χ0n) is 20.3. The summed E-state index contributed by atoms with van der Waals surface area (Å²) < 4.78 is 21.5. The van der Waals surface area contributed by atoms with Gasteiger partial charge in [-0.25, -0.2) is 9.78 Å². The summed E-state index contributed by atoms with van der Waals surface area (Å²) in [6, 6.07) is 18.6. The van der Waals surface area contributed by atoms with Crippen LogP contribution in [0, 0.1) is 11.3 Å². The SMILES string of the molecule is COCOc1ccccc1-c1cc(-c2cccc(NC(=O)O)c2OC)c(C#N)c(NC(=O)c2ccco2)n1. The third kappa shape index (κ3) is 5.40. The van der Waals surface area contributed by atoms with Gasteiger partial charge in [-0.05, 0) is 36.4 Å². The summed E-state index contributed by atoms with van der Waals surface area (Å²) in [7, 11) is 2.88. The molecule has 0 radical (unpaired) electrons. The lowest BCUT2D eigenvalue weighted by Crippen LogP contribution is -2.14. The first-order valence-corrected chi connectivity index (χ1v) is 11.1. The molecule has 4 aromatic rings. The maximum atomic E-state index is 12.9. The van der Waals surface area contributed by atoms with E-state index >= 15 is 0 Å². The molecule has 3 N–H and O–H groups in total. The molecule has 0 aliphatic heterocycles. The summed E-state index contributed by atoms with van der Waals surface area (Å²) in [5, 5.41) is 24.4. The first-order chi connectivity index (χ1) is 18.5. The zero-order chi connectivity index (χ0) is 27.1. The monoisotopic (exact) mass is 514 g/mol. The van der Waals surface area contributed by atoms with Crippen molar-refractivity contribution in [1.29, 1.82) is 5.26 Å². The molecule has 0 spiro atoms. The second-order valence-electron chi connectivity index (χ2n) is 7.69. The van der Waals surface area contributed by atoms with Crippen LogP contribution >= 0.6 is 0 Å². The van der Waals surface area contributed by atoms with Gasteiger partial charge in [-0.2, -0.15) is 5.26 Å². The number of methoxy groups -OCH3 is 2. The molecule has 0 fully saturated rings. The van der Waals surface area contributed by atoms with Gasteiger partial charge in [0.05, 0.1) is 24.8 Å². The highest BCUT2D eigenvalue weighted by Gasteiger charge is 2.23. The number of nitriles is 1. The first kappa shape index (κ1) is 25.7. The van der Waals surface area contributed by atoms with Crippen LogP contribution in [0.3, 0.4) is 0 Å². The Labute approximate surface area is 217 Å². The number of pyridine rings is 1. The molecule has 2 aromatic heterocycles. The summed E-state index contributed by atoms with van der Waals surface area (Å²) in [4.78, 5) is 28.8. The van der Waals surface area contributed by atoms with Gasteiger partial charge in [0.25, 0.3) is 5.91 Å². The number of nitrogens with zero attached hydrogens (tertiary/aromatic N) is 2. The highest BCUT2D eigenvalue weighted by molar-refractivity contribution is 6.03. The number of anilines is 2. The molecular weight excluding hydrogens is 492 g/mol. The number of aromatic nitrogens is 1. The van der Waals surface area contributed by atoms with E-state index in [9.17, 15) is 20.0 Å². The normalized spacial score (nSPS) is 10.3. The van der Waals surface area contributed by atoms with E-state index in [1.165, 1.54) is 32.6 Å². The lowest BCUT2D eigenvalue weighted by molar-refractivity contribution is 0.0515. The lowest BCUT2D eigenvalue weighted by atomic mass is 9.96. The van der Waals surface area contributed by atoms with Gasteiger partial charge in [-0.15, -0.1) is 0 Å². The molecule has 2 heterocycles. The topological polar surface area (TPSA) is 156 Å². The van der Waals surface area contributed by atoms with Crippen molar-refractivity contribution < 1.29 is 33.3 Å². The summed E-state index contributed by atoms with van der Waals surface area (Å²) in [5.41, 5.74) is 1.84. The lowest BCUT2D eigenvalue weighted by Gasteiger charge is -2.18. The van der Waals surface area contributed by atoms with Crippen LogP contribution in [0.1, 0.15) is 16.1 Å². The van der Waals surface area contributed by atoms with Crippen LogP contribution in [-0.4, -0.2) is 43.1 Å². The Hall–Kier alpha value is -5.34. The highest BCUT2D eigenvalue weighted by atomic mass is 16.7. The van der Waals surface area contributed by atoms with Gasteiger partial charge in [0.15, 0.2) is 18.4 Å². The van der Waals surface area contributed by atoms with Gasteiger partial charge in [-0.3, -0.25) is 10.1 Å². The number of para-hydroxylation sites is 2. The summed E-state index contributed by atoms with van der Waals surface area (Å²) >= 11 is 0. The van der Waals surface area contributed by atoms with E-state index in [0.29, 0.717) is 28.1 Å². The second kappa shape index (κ2) is 11.6. The molecule has 0 saturated carbocycles. The third-order valence-corrected chi connectivity index (χ3v) is 5.35. The average molecular weight is 514 g/mol. The van der Waals surface area contributed by atoms with Gasteiger partial charge < -0.3 is 29.1 Å². The summed E-state index contributed by atoms with van der Waals surface area (Å²) in [6.45, 7) is -0.0149. The number of carbonyl (C=O) groups excluding carboxylic acids is 1. The van der Waals surface area contributed by atoms with E-state index in [1.54, 1.807) is 48.5 Å². The molecular formula is C27H22N4O7. The molecule has 0 aliphatic carbocycles. The highest BCUT2D eigenvalue weighted by Crippen LogP contribution is 2.42. The van der Waals surface area contributed by atoms with E-state index in [2.05, 4.69) is 21.7 Å². The Bertz CT molecular complexity index is 1510. The Morgan fingerprint density at radius 1 is 1.03 bits per heavy atom. The van der Waals surface area contributed by atoms with Crippen molar-refractivity contribution in [2.75, 3.05) is 31.6 Å². The Kier molecular flexibility index (Phi) is 7.86. The molecule has 2 aromatic carbocycles. The summed E-state index contributed by atoms with van der Waals surface area (Å²) in [6.07, 6.45) is 0.0666. The van der Waals surface area contributed by atoms with Gasteiger partial charge in [0.1, 0.15) is 23.1 Å². The standard InChI is InChI=1S/C27H22N4O7/c1-35-15-38-22-10-4-3-7-17(22)21-13-18(16-8-5-9-20(24(16)36-2)30-27(33)34)19(14-28)25(29-21)31-26(32)23-11-6-12-37-23/h3-13,30H,15H2,1-2H3,(H,33,34)(H,29,31,32). The fourth-order valence-electron chi connectivity index (χ4n) is 3.79. The number of benzene rings is 2. The first-order valence-electron chi connectivity index (χ1n) is 11.1. The van der Waals surface area contributed by atoms with Crippen LogP contribution < -0.4 is 20.1 Å². The zero-order valence-corrected chi connectivity index (χ0v) is 20.3. The maximum absolute atomic E-state index is 12.9. The quantitative estimate of drug-likeness (QED) is 0.255. The molecule has 11 heteroatoms. The number of hydrogen-bond donors (Lipinski definition) is 3. The minimum absolute atomic E-state index is 0.0149. The van der Waals surface area contributed by atoms with E-state index in [1.807, 2.05) is 0 Å². The summed E-state index contributed by atoms with van der Waals surface area (Å²) in [5.74, 6) is 0.00226. The smallest absolute Gasteiger partial charge is 0.409 e. The van der Waals surface area contributed by atoms with Crippen molar-refractivity contribution in [1.82, 2.24) is 4.98 Å². The molecule has 38 heavy (non-hydrogen) atoms. The van der Waals surface area contributed by atoms with Crippen molar-refractivity contribution in [3.63, 3.8) is 0 Å². The molecule has 2 amide bonds. The molecule has 0 bridgehead atoms. The predicted octanol–water partition coefficient (Wildman–Crippen LogP) is 5.21. The van der Waals surface area contributed by atoms with E-state index in [4.69, 9.17) is 18.6 Å². The predicted molar refractivity (Wildman–Crippen MR) is 137 cm³/mol. The Balaban J connectivity index is 1.97. The number of amides is 2. The fraction of sp³-hybridized carbons (Fsp3) is 0.111. The van der Waals surface area contributed by atoms with Gasteiger partial charge in [0, 0.05) is 23.8 Å². The molecule has 192 valence electrons. The number of ether oxygens (including phenoxy) is 3. The molecule has 4 rings (SSSR count). The largest absolute Gasteiger partial charge is 0.494 e. The van der Waals surface area contributed by atoms with E-state index < -0.39 is 12.0 Å². The number of carbonyl (C=O) groups is 2. The van der Waals surface area contributed by atoms with Crippen molar-refractivity contribution >= 4 is 23.5 Å². The number of carboxylic acid groups (broad SMARTS) is 1. The number of nitrogens with one attached hydrogen (secondary N) is 2. The minimum atomic E-state index is -1.29. The average Bonchev–Trinajstić information content (AvgIpc) is 3.46. The second-order valence-corrected chi connectivity index (χ2v) is 7.69. The van der Waals surface area contributed by atoms with Crippen molar-refractivity contribution in [2.24, 2.45) is 0 Å². The minimum Gasteiger partial charge on any atom is -0.494 e. The maximum Gasteiger partial charge on any atom is 0.409 e. The van der Waals surface area contributed by atoms with Gasteiger partial charge in [-0.1, -0.05) is 24.3 Å². The molecule has 0 atom stereocenters. The van der Waals surface area contributed by atoms with Gasteiger partial charge in [0.2, 0.25) is 0 Å². The third-order valence-electron chi connectivity index (χ3n) is 5.35. The van der Waals surface area contributed by atoms with Gasteiger partial charge >= 0.3 is 6.09 Å². The number of furan rings is 1. The van der Waals surface area contributed by atoms with Crippen molar-refractivity contribution in [2.45, 2.75) is 0 Å². The molecule has 11 nitrogen and oxygen atoms in total.